The number of rotatable bonds is 19. The summed E-state index contributed by atoms with van der Waals surface area (Å²) in [6.45, 7) is 53.4. The Morgan fingerprint density at radius 1 is 0.887 bits per heavy atom. The molecule has 1 aliphatic heterocycles. The van der Waals surface area contributed by atoms with Crippen molar-refractivity contribution in [2.24, 2.45) is 28.6 Å². The molecule has 3 aliphatic rings. The quantitative estimate of drug-likeness (QED) is 0.0911. The molecular weight excluding hydrogens is 659 g/mol. The van der Waals surface area contributed by atoms with Crippen molar-refractivity contribution in [3.63, 3.8) is 0 Å². The molecule has 6 atom stereocenters. The number of alkyl halides is 2. The van der Waals surface area contributed by atoms with Gasteiger partial charge in [0, 0.05) is 30.4 Å². The number of allylic oxidation sites excluding steroid dienone is 2. The van der Waals surface area contributed by atoms with Crippen LogP contribution in [0.2, 0.25) is 0 Å². The van der Waals surface area contributed by atoms with Gasteiger partial charge in [-0.05, 0) is 93.5 Å². The number of likely N-dealkylation sites (tertiary alicyclic amines) is 1. The lowest BCUT2D eigenvalue weighted by atomic mass is 9.81. The van der Waals surface area contributed by atoms with Gasteiger partial charge in [-0.3, -0.25) is 0 Å². The van der Waals surface area contributed by atoms with Crippen molar-refractivity contribution >= 4 is 0 Å². The normalized spacial score (nSPS) is 22.2. The van der Waals surface area contributed by atoms with Gasteiger partial charge < -0.3 is 20.9 Å². The molecule has 4 nitrogen and oxygen atoms in total. The van der Waals surface area contributed by atoms with Crippen LogP contribution in [0.1, 0.15) is 147 Å². The number of piperidine rings is 1. The lowest BCUT2D eigenvalue weighted by Crippen LogP contribution is -2.51. The molecule has 0 amide bonds. The molecular formula is C47H82F2N4. The van der Waals surface area contributed by atoms with Crippen LogP contribution in [0.3, 0.4) is 0 Å². The van der Waals surface area contributed by atoms with Gasteiger partial charge in [0.25, 0.3) is 0 Å². The van der Waals surface area contributed by atoms with Gasteiger partial charge in [0.05, 0.1) is 23.9 Å². The predicted molar refractivity (Wildman–Crippen MR) is 230 cm³/mol. The molecule has 6 unspecified atom stereocenters. The average molecular weight is 741 g/mol. The molecule has 0 aromatic carbocycles. The van der Waals surface area contributed by atoms with Crippen LogP contribution in [-0.4, -0.2) is 41.5 Å². The van der Waals surface area contributed by atoms with Crippen molar-refractivity contribution in [3.05, 3.63) is 86.1 Å². The topological polar surface area (TPSA) is 39.3 Å². The van der Waals surface area contributed by atoms with Crippen molar-refractivity contribution in [2.75, 3.05) is 6.54 Å². The van der Waals surface area contributed by atoms with E-state index in [1.807, 2.05) is 13.0 Å². The maximum absolute atomic E-state index is 14.0. The monoisotopic (exact) mass is 741 g/mol. The second-order valence-electron chi connectivity index (χ2n) is 18.1. The van der Waals surface area contributed by atoms with Gasteiger partial charge in [-0.25, -0.2) is 8.78 Å². The highest BCUT2D eigenvalue weighted by Gasteiger charge is 2.67. The van der Waals surface area contributed by atoms with Gasteiger partial charge in [0.1, 0.15) is 0 Å². The molecule has 304 valence electrons. The van der Waals surface area contributed by atoms with Crippen LogP contribution in [0.4, 0.5) is 8.78 Å². The third-order valence-electron chi connectivity index (χ3n) is 11.5. The van der Waals surface area contributed by atoms with Gasteiger partial charge in [-0.15, -0.1) is 13.2 Å². The Morgan fingerprint density at radius 3 is 1.89 bits per heavy atom. The zero-order valence-corrected chi connectivity index (χ0v) is 36.3. The Balaban J connectivity index is 0.00000184. The highest BCUT2D eigenvalue weighted by molar-refractivity contribution is 5.34. The zero-order chi connectivity index (χ0) is 40.9. The van der Waals surface area contributed by atoms with Crippen molar-refractivity contribution < 1.29 is 8.78 Å². The molecule has 0 spiro atoms. The molecule has 53 heavy (non-hydrogen) atoms. The first-order valence-corrected chi connectivity index (χ1v) is 20.6. The van der Waals surface area contributed by atoms with Crippen molar-refractivity contribution in [1.82, 2.24) is 20.9 Å². The second kappa shape index (κ2) is 21.4. The maximum Gasteiger partial charge on any atom is 0.245 e. The lowest BCUT2D eigenvalue weighted by molar-refractivity contribution is 0.00937. The molecule has 0 aromatic rings. The number of hydrogen-bond donors (Lipinski definition) is 3. The molecule has 3 rings (SSSR count). The summed E-state index contributed by atoms with van der Waals surface area (Å²) >= 11 is 0. The van der Waals surface area contributed by atoms with E-state index in [1.165, 1.54) is 31.3 Å². The van der Waals surface area contributed by atoms with Crippen LogP contribution < -0.4 is 16.0 Å². The van der Waals surface area contributed by atoms with Crippen molar-refractivity contribution in [2.45, 2.75) is 177 Å². The Bertz CT molecular complexity index is 1240. The SMILES string of the molecule is C=C(C)CCC(NC(=C)NC(C(=C)N1CC2C(C1C(=C)NC(CCC(C)(F)F)C(=C)C(=C)C)C2(C)C)C1CCCCC1)C(C)(C)C.C=CCC.CCC. The third-order valence-corrected chi connectivity index (χ3v) is 11.5. The largest absolute Gasteiger partial charge is 0.380 e. The van der Waals surface area contributed by atoms with E-state index < -0.39 is 5.92 Å². The van der Waals surface area contributed by atoms with E-state index >= 15 is 0 Å². The zero-order valence-electron chi connectivity index (χ0n) is 36.3. The predicted octanol–water partition coefficient (Wildman–Crippen LogP) is 12.9. The number of fused-ring (bicyclic) bond motifs is 1. The van der Waals surface area contributed by atoms with E-state index in [4.69, 9.17) is 6.58 Å². The summed E-state index contributed by atoms with van der Waals surface area (Å²) in [6.07, 6.45) is 12.2. The minimum Gasteiger partial charge on any atom is -0.380 e. The van der Waals surface area contributed by atoms with Crippen LogP contribution >= 0.6 is 0 Å². The minimum atomic E-state index is -2.75. The molecule has 0 bridgehead atoms. The maximum atomic E-state index is 14.0. The first-order chi connectivity index (χ1) is 24.5. The Kier molecular flexibility index (Phi) is 19.5. The fraction of sp³-hybridized carbons (Fsp3) is 0.702. The smallest absolute Gasteiger partial charge is 0.245 e. The lowest BCUT2D eigenvalue weighted by Gasteiger charge is -2.43. The Labute approximate surface area is 326 Å². The fourth-order valence-corrected chi connectivity index (χ4v) is 7.99. The summed E-state index contributed by atoms with van der Waals surface area (Å²) in [7, 11) is 0. The summed E-state index contributed by atoms with van der Waals surface area (Å²) in [4.78, 5) is 2.47. The summed E-state index contributed by atoms with van der Waals surface area (Å²) in [5, 5.41) is 11.2. The molecule has 2 saturated carbocycles. The van der Waals surface area contributed by atoms with E-state index in [9.17, 15) is 8.78 Å². The Morgan fingerprint density at radius 2 is 1.43 bits per heavy atom. The van der Waals surface area contributed by atoms with Gasteiger partial charge in [-0.1, -0.05) is 131 Å². The van der Waals surface area contributed by atoms with Gasteiger partial charge in [-0.2, -0.15) is 0 Å². The number of halogens is 2. The molecule has 1 heterocycles. The molecule has 1 saturated heterocycles. The molecule has 0 aromatic heterocycles. The summed E-state index contributed by atoms with van der Waals surface area (Å²) in [5.41, 5.74) is 4.92. The van der Waals surface area contributed by atoms with Crippen molar-refractivity contribution in [3.8, 4) is 0 Å². The number of hydrogen-bond acceptors (Lipinski definition) is 4. The first kappa shape index (κ1) is 48.3. The van der Waals surface area contributed by atoms with E-state index in [1.54, 1.807) is 0 Å². The molecule has 2 aliphatic carbocycles. The van der Waals surface area contributed by atoms with E-state index in [0.717, 1.165) is 73.9 Å². The summed E-state index contributed by atoms with van der Waals surface area (Å²) < 4.78 is 27.9. The van der Waals surface area contributed by atoms with Gasteiger partial charge in [0.2, 0.25) is 5.92 Å². The van der Waals surface area contributed by atoms with Gasteiger partial charge >= 0.3 is 0 Å². The van der Waals surface area contributed by atoms with Crippen LogP contribution in [0, 0.1) is 28.6 Å². The molecule has 3 N–H and O–H groups in total. The Hall–Kier alpha value is -2.76. The molecule has 6 heteroatoms. The standard InChI is InChI=1S/C40H66F2N4.C4H8.C3H8/c1-25(2)20-21-34(38(9,10)11)44-30(8)45-36(31-18-16-15-17-19-31)29(7)46-24-32-35(39(32,12)13)37(46)28(6)43-33(27(5)26(3)4)22-23-40(14,41)42;1-3-4-2;1-3-2/h31-37,43-45H,1,3,5-8,15-24H2,2,4,9-14H3;3H,1,4H2,2H3;3H2,1-2H3. The van der Waals surface area contributed by atoms with Crippen LogP contribution in [0.25, 0.3) is 0 Å². The summed E-state index contributed by atoms with van der Waals surface area (Å²) in [6, 6.07) is -0.0492. The van der Waals surface area contributed by atoms with Crippen LogP contribution in [0.15, 0.2) is 86.1 Å². The van der Waals surface area contributed by atoms with E-state index in [-0.39, 0.29) is 47.8 Å². The summed E-state index contributed by atoms with van der Waals surface area (Å²) in [5.74, 6) is -0.514. The first-order valence-electron chi connectivity index (χ1n) is 20.6. The average Bonchev–Trinajstić information content (AvgIpc) is 3.37. The molecule has 0 radical (unpaired) electrons. The number of nitrogens with one attached hydrogen (secondary N) is 3. The minimum absolute atomic E-state index is 0.0158. The molecule has 3 fully saturated rings. The fourth-order valence-electron chi connectivity index (χ4n) is 7.99. The van der Waals surface area contributed by atoms with E-state index in [2.05, 4.69) is 123 Å². The van der Waals surface area contributed by atoms with Crippen LogP contribution in [0.5, 0.6) is 0 Å². The highest BCUT2D eigenvalue weighted by atomic mass is 19.3. The number of nitrogens with zero attached hydrogens (tertiary/aromatic N) is 1. The van der Waals surface area contributed by atoms with Crippen molar-refractivity contribution in [1.29, 1.82) is 0 Å². The van der Waals surface area contributed by atoms with Gasteiger partial charge in [0.15, 0.2) is 0 Å². The van der Waals surface area contributed by atoms with E-state index in [0.29, 0.717) is 17.8 Å². The second-order valence-corrected chi connectivity index (χ2v) is 18.1. The third kappa shape index (κ3) is 15.1. The van der Waals surface area contributed by atoms with Crippen LogP contribution in [-0.2, 0) is 0 Å². The highest BCUT2D eigenvalue weighted by Crippen LogP contribution is 2.66.